The van der Waals surface area contributed by atoms with E-state index in [-0.39, 0.29) is 5.91 Å². The van der Waals surface area contributed by atoms with Gasteiger partial charge in [-0.25, -0.2) is 9.97 Å². The Morgan fingerprint density at radius 2 is 1.79 bits per heavy atom. The Kier molecular flexibility index (Phi) is 4.97. The Hall–Kier alpha value is -3.35. The zero-order valence-electron chi connectivity index (χ0n) is 16.1. The van der Waals surface area contributed by atoms with Crippen molar-refractivity contribution in [2.75, 3.05) is 36.4 Å². The van der Waals surface area contributed by atoms with Crippen LogP contribution in [0.15, 0.2) is 53.4 Å². The van der Waals surface area contributed by atoms with Crippen molar-refractivity contribution < 1.29 is 9.21 Å². The van der Waals surface area contributed by atoms with Crippen LogP contribution in [0.5, 0.6) is 0 Å². The SMILES string of the molecule is Cc1cccc(C)c1Nc1cc(N2CCN(C(=O)c3ccco3)CC2)ncn1. The Balaban J connectivity index is 1.43. The molecule has 1 N–H and O–H groups in total. The molecule has 0 atom stereocenters. The average Bonchev–Trinajstić information content (AvgIpc) is 3.26. The first-order valence-electron chi connectivity index (χ1n) is 9.35. The van der Waals surface area contributed by atoms with E-state index in [1.54, 1.807) is 18.5 Å². The van der Waals surface area contributed by atoms with Crippen LogP contribution in [-0.4, -0.2) is 47.0 Å². The van der Waals surface area contributed by atoms with Crippen molar-refractivity contribution in [3.8, 4) is 0 Å². The average molecular weight is 377 g/mol. The number of aromatic nitrogens is 2. The summed E-state index contributed by atoms with van der Waals surface area (Å²) in [5.41, 5.74) is 3.41. The number of hydrogen-bond acceptors (Lipinski definition) is 6. The highest BCUT2D eigenvalue weighted by Crippen LogP contribution is 2.25. The summed E-state index contributed by atoms with van der Waals surface area (Å²) in [6.45, 7) is 6.84. The standard InChI is InChI=1S/C21H23N5O2/c1-15-5-3-6-16(2)20(15)24-18-13-19(23-14-22-18)25-8-10-26(11-9-25)21(27)17-7-4-12-28-17/h3-7,12-14H,8-11H2,1-2H3,(H,22,23,24). The highest BCUT2D eigenvalue weighted by molar-refractivity contribution is 5.91. The van der Waals surface area contributed by atoms with Crippen molar-refractivity contribution in [2.45, 2.75) is 13.8 Å². The molecule has 2 aromatic heterocycles. The molecule has 0 radical (unpaired) electrons. The zero-order chi connectivity index (χ0) is 19.5. The van der Waals surface area contributed by atoms with Gasteiger partial charge in [0.2, 0.25) is 0 Å². The molecule has 1 aliphatic rings. The molecule has 4 rings (SSSR count). The molecule has 0 bridgehead atoms. The lowest BCUT2D eigenvalue weighted by Crippen LogP contribution is -2.49. The molecule has 7 nitrogen and oxygen atoms in total. The Morgan fingerprint density at radius 1 is 1.04 bits per heavy atom. The van der Waals surface area contributed by atoms with E-state index in [2.05, 4.69) is 46.2 Å². The van der Waals surface area contributed by atoms with Crippen LogP contribution in [0.25, 0.3) is 0 Å². The minimum Gasteiger partial charge on any atom is -0.459 e. The molecule has 28 heavy (non-hydrogen) atoms. The molecule has 3 heterocycles. The van der Waals surface area contributed by atoms with Gasteiger partial charge >= 0.3 is 0 Å². The smallest absolute Gasteiger partial charge is 0.289 e. The summed E-state index contributed by atoms with van der Waals surface area (Å²) >= 11 is 0. The van der Waals surface area contributed by atoms with Gasteiger partial charge in [-0.05, 0) is 37.1 Å². The molecule has 1 amide bonds. The van der Waals surface area contributed by atoms with Crippen LogP contribution >= 0.6 is 0 Å². The molecule has 1 aromatic carbocycles. The first kappa shape index (κ1) is 18.0. The van der Waals surface area contributed by atoms with Crippen LogP contribution in [0, 0.1) is 13.8 Å². The largest absolute Gasteiger partial charge is 0.459 e. The molecule has 144 valence electrons. The van der Waals surface area contributed by atoms with E-state index in [0.29, 0.717) is 31.9 Å². The van der Waals surface area contributed by atoms with Crippen LogP contribution in [0.1, 0.15) is 21.7 Å². The molecule has 1 aliphatic heterocycles. The number of anilines is 3. The number of piperazine rings is 1. The van der Waals surface area contributed by atoms with E-state index in [9.17, 15) is 4.79 Å². The molecule has 7 heteroatoms. The maximum absolute atomic E-state index is 12.4. The van der Waals surface area contributed by atoms with Crippen molar-refractivity contribution in [1.82, 2.24) is 14.9 Å². The van der Waals surface area contributed by atoms with Gasteiger partial charge in [0.15, 0.2) is 5.76 Å². The first-order chi connectivity index (χ1) is 13.6. The highest BCUT2D eigenvalue weighted by Gasteiger charge is 2.24. The molecule has 1 fully saturated rings. The molecule has 1 saturated heterocycles. The lowest BCUT2D eigenvalue weighted by molar-refractivity contribution is 0.0714. The summed E-state index contributed by atoms with van der Waals surface area (Å²) in [5, 5.41) is 3.41. The van der Waals surface area contributed by atoms with Crippen molar-refractivity contribution in [1.29, 1.82) is 0 Å². The Labute approximate surface area is 164 Å². The molecule has 0 saturated carbocycles. The van der Waals surface area contributed by atoms with Crippen LogP contribution in [0.3, 0.4) is 0 Å². The van der Waals surface area contributed by atoms with Gasteiger partial charge in [0.05, 0.1) is 6.26 Å². The van der Waals surface area contributed by atoms with Gasteiger partial charge in [0, 0.05) is 37.9 Å². The third-order valence-corrected chi connectivity index (χ3v) is 5.01. The van der Waals surface area contributed by atoms with Crippen LogP contribution < -0.4 is 10.2 Å². The quantitative estimate of drug-likeness (QED) is 0.751. The fraction of sp³-hybridized carbons (Fsp3) is 0.286. The van der Waals surface area contributed by atoms with Gasteiger partial charge in [-0.15, -0.1) is 0 Å². The van der Waals surface area contributed by atoms with Crippen LogP contribution in [-0.2, 0) is 0 Å². The summed E-state index contributed by atoms with van der Waals surface area (Å²) in [6, 6.07) is 11.6. The number of carbonyl (C=O) groups is 1. The second kappa shape index (κ2) is 7.72. The Bertz CT molecular complexity index is 942. The van der Waals surface area contributed by atoms with Crippen molar-refractivity contribution >= 4 is 23.2 Å². The van der Waals surface area contributed by atoms with Crippen molar-refractivity contribution in [3.05, 3.63) is 65.9 Å². The number of amides is 1. The van der Waals surface area contributed by atoms with E-state index < -0.39 is 0 Å². The summed E-state index contributed by atoms with van der Waals surface area (Å²) in [7, 11) is 0. The Morgan fingerprint density at radius 3 is 2.46 bits per heavy atom. The lowest BCUT2D eigenvalue weighted by Gasteiger charge is -2.35. The molecular formula is C21H23N5O2. The van der Waals surface area contributed by atoms with Gasteiger partial charge in [0.25, 0.3) is 5.91 Å². The molecule has 3 aromatic rings. The minimum absolute atomic E-state index is 0.0651. The maximum Gasteiger partial charge on any atom is 0.289 e. The van der Waals surface area contributed by atoms with E-state index in [4.69, 9.17) is 4.42 Å². The summed E-state index contributed by atoms with van der Waals surface area (Å²) in [4.78, 5) is 25.2. The number of nitrogens with zero attached hydrogens (tertiary/aromatic N) is 4. The van der Waals surface area contributed by atoms with Crippen molar-refractivity contribution in [3.63, 3.8) is 0 Å². The summed E-state index contributed by atoms with van der Waals surface area (Å²) in [6.07, 6.45) is 3.10. The molecule has 0 unspecified atom stereocenters. The summed E-state index contributed by atoms with van der Waals surface area (Å²) < 4.78 is 5.22. The van der Waals surface area contributed by atoms with Gasteiger partial charge in [-0.2, -0.15) is 0 Å². The lowest BCUT2D eigenvalue weighted by atomic mass is 10.1. The number of carbonyl (C=O) groups excluding carboxylic acids is 1. The third kappa shape index (κ3) is 3.69. The number of para-hydroxylation sites is 1. The normalized spacial score (nSPS) is 14.2. The van der Waals surface area contributed by atoms with E-state index in [0.717, 1.165) is 17.3 Å². The predicted molar refractivity (Wildman–Crippen MR) is 108 cm³/mol. The number of rotatable bonds is 4. The first-order valence-corrected chi connectivity index (χ1v) is 9.35. The van der Waals surface area contributed by atoms with Gasteiger partial charge in [-0.3, -0.25) is 4.79 Å². The minimum atomic E-state index is -0.0651. The van der Waals surface area contributed by atoms with E-state index >= 15 is 0 Å². The topological polar surface area (TPSA) is 74.5 Å². The van der Waals surface area contributed by atoms with Gasteiger partial charge in [0.1, 0.15) is 18.0 Å². The molecule has 0 aliphatic carbocycles. The van der Waals surface area contributed by atoms with E-state index in [1.807, 2.05) is 17.0 Å². The number of furan rings is 1. The number of nitrogens with one attached hydrogen (secondary N) is 1. The third-order valence-electron chi connectivity index (χ3n) is 5.01. The maximum atomic E-state index is 12.4. The fourth-order valence-electron chi connectivity index (χ4n) is 3.42. The monoisotopic (exact) mass is 377 g/mol. The fourth-order valence-corrected chi connectivity index (χ4v) is 3.42. The van der Waals surface area contributed by atoms with E-state index in [1.165, 1.54) is 17.4 Å². The van der Waals surface area contributed by atoms with Gasteiger partial charge < -0.3 is 19.5 Å². The number of aryl methyl sites for hydroxylation is 2. The second-order valence-electron chi connectivity index (χ2n) is 6.91. The van der Waals surface area contributed by atoms with Crippen LogP contribution in [0.4, 0.5) is 17.3 Å². The molecule has 0 spiro atoms. The zero-order valence-corrected chi connectivity index (χ0v) is 16.1. The highest BCUT2D eigenvalue weighted by atomic mass is 16.3. The second-order valence-corrected chi connectivity index (χ2v) is 6.91. The molecular weight excluding hydrogens is 354 g/mol. The number of hydrogen-bond donors (Lipinski definition) is 1. The van der Waals surface area contributed by atoms with Crippen molar-refractivity contribution in [2.24, 2.45) is 0 Å². The predicted octanol–water partition coefficient (Wildman–Crippen LogP) is 3.39. The summed E-state index contributed by atoms with van der Waals surface area (Å²) in [5.74, 6) is 1.94. The van der Waals surface area contributed by atoms with Crippen LogP contribution in [0.2, 0.25) is 0 Å². The van der Waals surface area contributed by atoms with Gasteiger partial charge in [-0.1, -0.05) is 18.2 Å². The number of benzene rings is 1.